The number of carbonyl (C=O) groups excluding carboxylic acids is 1. The number of aryl methyl sites for hydroxylation is 2. The van der Waals surface area contributed by atoms with E-state index in [0.29, 0.717) is 27.7 Å². The van der Waals surface area contributed by atoms with Crippen LogP contribution in [0.3, 0.4) is 0 Å². The smallest absolute Gasteiger partial charge is 0.234 e. The van der Waals surface area contributed by atoms with Crippen LogP contribution in [0.25, 0.3) is 22.5 Å². The molecule has 1 amide bonds. The van der Waals surface area contributed by atoms with Gasteiger partial charge in [0.25, 0.3) is 0 Å². The van der Waals surface area contributed by atoms with E-state index in [0.717, 1.165) is 28.6 Å². The van der Waals surface area contributed by atoms with E-state index < -0.39 is 0 Å². The molecule has 0 aliphatic carbocycles. The van der Waals surface area contributed by atoms with Crippen molar-refractivity contribution >= 4 is 23.4 Å². The normalized spacial score (nSPS) is 10.8. The molecule has 0 atom stereocenters. The summed E-state index contributed by atoms with van der Waals surface area (Å²) < 4.78 is 26.8. The molecule has 166 valence electrons. The first-order chi connectivity index (χ1) is 15.9. The van der Waals surface area contributed by atoms with Crippen molar-refractivity contribution in [3.05, 3.63) is 89.5 Å². The molecule has 3 aromatic carbocycles. The lowest BCUT2D eigenvalue weighted by atomic mass is 10.0. The number of carbonyl (C=O) groups is 1. The summed E-state index contributed by atoms with van der Waals surface area (Å²) in [5, 5.41) is 11.6. The first kappa shape index (κ1) is 22.5. The Bertz CT molecular complexity index is 1300. The van der Waals surface area contributed by atoms with Gasteiger partial charge in [0.15, 0.2) is 0 Å². The van der Waals surface area contributed by atoms with Crippen LogP contribution >= 0.6 is 11.8 Å². The predicted octanol–water partition coefficient (Wildman–Crippen LogP) is 5.83. The molecule has 0 radical (unpaired) electrons. The third kappa shape index (κ3) is 5.59. The molecule has 0 bridgehead atoms. The van der Waals surface area contributed by atoms with Crippen molar-refractivity contribution in [1.82, 2.24) is 15.2 Å². The molecule has 4 rings (SSSR count). The minimum atomic E-state index is -0.373. The Balaban J connectivity index is 1.56. The Kier molecular flexibility index (Phi) is 6.74. The molecule has 0 saturated carbocycles. The molecule has 1 N–H and O–H groups in total. The van der Waals surface area contributed by atoms with Crippen LogP contribution in [0, 0.1) is 25.5 Å². The minimum absolute atomic E-state index is 0.0906. The maximum absolute atomic E-state index is 13.4. The van der Waals surface area contributed by atoms with Gasteiger partial charge in [0, 0.05) is 16.8 Å². The van der Waals surface area contributed by atoms with E-state index in [-0.39, 0.29) is 23.3 Å². The van der Waals surface area contributed by atoms with E-state index in [1.54, 1.807) is 24.3 Å². The van der Waals surface area contributed by atoms with E-state index in [1.165, 1.54) is 24.3 Å². The predicted molar refractivity (Wildman–Crippen MR) is 126 cm³/mol. The maximum Gasteiger partial charge on any atom is 0.234 e. The highest BCUT2D eigenvalue weighted by Crippen LogP contribution is 2.30. The minimum Gasteiger partial charge on any atom is -0.325 e. The van der Waals surface area contributed by atoms with Crippen molar-refractivity contribution in [3.8, 4) is 22.5 Å². The number of anilines is 1. The molecule has 0 saturated heterocycles. The summed E-state index contributed by atoms with van der Waals surface area (Å²) in [5.41, 5.74) is 5.12. The highest BCUT2D eigenvalue weighted by Gasteiger charge is 2.15. The molecule has 4 aromatic rings. The molecule has 0 aliphatic rings. The number of aromatic nitrogens is 3. The third-order valence-corrected chi connectivity index (χ3v) is 5.86. The number of rotatable bonds is 6. The third-order valence-electron chi connectivity index (χ3n) is 5.03. The Hall–Kier alpha value is -3.65. The van der Waals surface area contributed by atoms with E-state index in [4.69, 9.17) is 0 Å². The molecule has 33 heavy (non-hydrogen) atoms. The van der Waals surface area contributed by atoms with Crippen molar-refractivity contribution in [2.45, 2.75) is 19.0 Å². The molecule has 8 heteroatoms. The van der Waals surface area contributed by atoms with E-state index in [1.807, 2.05) is 32.0 Å². The topological polar surface area (TPSA) is 67.8 Å². The number of hydrogen-bond donors (Lipinski definition) is 1. The van der Waals surface area contributed by atoms with Crippen LogP contribution in [0.4, 0.5) is 14.5 Å². The van der Waals surface area contributed by atoms with Gasteiger partial charge in [-0.2, -0.15) is 0 Å². The zero-order valence-corrected chi connectivity index (χ0v) is 18.8. The fraction of sp³-hybridized carbons (Fsp3) is 0.120. The first-order valence-corrected chi connectivity index (χ1v) is 11.1. The highest BCUT2D eigenvalue weighted by molar-refractivity contribution is 7.99. The number of nitrogens with zero attached hydrogens (tertiary/aromatic N) is 3. The Morgan fingerprint density at radius 1 is 0.818 bits per heavy atom. The number of halogens is 2. The molecular formula is C25H20F2N4OS. The lowest BCUT2D eigenvalue weighted by Gasteiger charge is -2.10. The standard InChI is InChI=1S/C25H20F2N4OS/c1-15-3-12-21(13-16(15)2)28-22(32)14-33-25-29-23(17-4-8-19(26)9-5-17)24(30-31-25)18-6-10-20(27)11-7-18/h3-13H,14H2,1-2H3,(H,28,32). The largest absolute Gasteiger partial charge is 0.325 e. The van der Waals surface area contributed by atoms with Gasteiger partial charge in [-0.1, -0.05) is 17.8 Å². The van der Waals surface area contributed by atoms with Gasteiger partial charge in [0.05, 0.1) is 5.75 Å². The summed E-state index contributed by atoms with van der Waals surface area (Å²) in [6, 6.07) is 17.4. The van der Waals surface area contributed by atoms with Crippen molar-refractivity contribution in [2.75, 3.05) is 11.1 Å². The molecular weight excluding hydrogens is 442 g/mol. The van der Waals surface area contributed by atoms with Crippen molar-refractivity contribution in [2.24, 2.45) is 0 Å². The number of hydrogen-bond acceptors (Lipinski definition) is 5. The Morgan fingerprint density at radius 2 is 1.42 bits per heavy atom. The number of nitrogens with one attached hydrogen (secondary N) is 1. The van der Waals surface area contributed by atoms with E-state index in [9.17, 15) is 13.6 Å². The van der Waals surface area contributed by atoms with Gasteiger partial charge in [0.1, 0.15) is 23.0 Å². The summed E-state index contributed by atoms with van der Waals surface area (Å²) in [7, 11) is 0. The van der Waals surface area contributed by atoms with Crippen LogP contribution in [0.2, 0.25) is 0 Å². The maximum atomic E-state index is 13.4. The average molecular weight is 463 g/mol. The summed E-state index contributed by atoms with van der Waals surface area (Å²) in [6.07, 6.45) is 0. The lowest BCUT2D eigenvalue weighted by molar-refractivity contribution is -0.113. The van der Waals surface area contributed by atoms with Gasteiger partial charge in [-0.3, -0.25) is 4.79 Å². The second-order valence-electron chi connectivity index (χ2n) is 7.44. The van der Waals surface area contributed by atoms with E-state index in [2.05, 4.69) is 20.5 Å². The summed E-state index contributed by atoms with van der Waals surface area (Å²) in [5.74, 6) is -0.850. The zero-order chi connectivity index (χ0) is 23.4. The first-order valence-electron chi connectivity index (χ1n) is 10.2. The second-order valence-corrected chi connectivity index (χ2v) is 8.38. The van der Waals surface area contributed by atoms with Gasteiger partial charge in [0.2, 0.25) is 11.1 Å². The molecule has 0 spiro atoms. The SMILES string of the molecule is Cc1ccc(NC(=O)CSc2nnc(-c3ccc(F)cc3)c(-c3ccc(F)cc3)n2)cc1C. The van der Waals surface area contributed by atoms with Crippen LogP contribution in [0.1, 0.15) is 11.1 Å². The van der Waals surface area contributed by atoms with E-state index >= 15 is 0 Å². The van der Waals surface area contributed by atoms with Crippen molar-refractivity contribution < 1.29 is 13.6 Å². The molecule has 5 nitrogen and oxygen atoms in total. The fourth-order valence-corrected chi connectivity index (χ4v) is 3.72. The lowest BCUT2D eigenvalue weighted by Crippen LogP contribution is -2.14. The molecule has 1 heterocycles. The van der Waals surface area contributed by atoms with Crippen LogP contribution in [0.5, 0.6) is 0 Å². The van der Waals surface area contributed by atoms with Gasteiger partial charge in [-0.05, 0) is 85.6 Å². The monoisotopic (exact) mass is 462 g/mol. The second kappa shape index (κ2) is 9.87. The number of thioether (sulfide) groups is 1. The van der Waals surface area contributed by atoms with Gasteiger partial charge < -0.3 is 5.32 Å². The van der Waals surface area contributed by atoms with Crippen LogP contribution in [-0.4, -0.2) is 26.8 Å². The number of benzene rings is 3. The molecule has 0 aliphatic heterocycles. The summed E-state index contributed by atoms with van der Waals surface area (Å²) >= 11 is 1.14. The fourth-order valence-electron chi connectivity index (χ4n) is 3.13. The van der Waals surface area contributed by atoms with Gasteiger partial charge in [-0.15, -0.1) is 10.2 Å². The highest BCUT2D eigenvalue weighted by atomic mass is 32.2. The zero-order valence-electron chi connectivity index (χ0n) is 18.0. The molecule has 0 fully saturated rings. The van der Waals surface area contributed by atoms with Crippen LogP contribution in [0.15, 0.2) is 71.9 Å². The Labute approximate surface area is 194 Å². The molecule has 0 unspecified atom stereocenters. The van der Waals surface area contributed by atoms with Crippen LogP contribution in [-0.2, 0) is 4.79 Å². The van der Waals surface area contributed by atoms with Crippen molar-refractivity contribution in [1.29, 1.82) is 0 Å². The van der Waals surface area contributed by atoms with Crippen molar-refractivity contribution in [3.63, 3.8) is 0 Å². The summed E-state index contributed by atoms with van der Waals surface area (Å²) in [6.45, 7) is 3.99. The molecule has 1 aromatic heterocycles. The quantitative estimate of drug-likeness (QED) is 0.365. The van der Waals surface area contributed by atoms with Gasteiger partial charge in [-0.25, -0.2) is 13.8 Å². The number of amides is 1. The van der Waals surface area contributed by atoms with Gasteiger partial charge >= 0.3 is 0 Å². The average Bonchev–Trinajstić information content (AvgIpc) is 2.81. The van der Waals surface area contributed by atoms with Crippen LogP contribution < -0.4 is 5.32 Å². The Morgan fingerprint density at radius 3 is 2.03 bits per heavy atom. The summed E-state index contributed by atoms with van der Waals surface area (Å²) in [4.78, 5) is 17.0.